The van der Waals surface area contributed by atoms with E-state index in [0.29, 0.717) is 6.54 Å². The van der Waals surface area contributed by atoms with Crippen molar-refractivity contribution in [3.63, 3.8) is 0 Å². The number of nitrogens with zero attached hydrogens (tertiary/aromatic N) is 3. The number of carboxylic acid groups (broad SMARTS) is 1. The van der Waals surface area contributed by atoms with Gasteiger partial charge in [0.05, 0.1) is 18.9 Å². The normalized spacial score (nSPS) is 17.3. The highest BCUT2D eigenvalue weighted by Gasteiger charge is 2.18. The molecule has 0 amide bonds. The molecule has 0 atom stereocenters. The van der Waals surface area contributed by atoms with E-state index in [1.54, 1.807) is 10.7 Å². The van der Waals surface area contributed by atoms with Crippen molar-refractivity contribution in [2.24, 2.45) is 0 Å². The van der Waals surface area contributed by atoms with E-state index in [1.165, 1.54) is 0 Å². The van der Waals surface area contributed by atoms with E-state index in [9.17, 15) is 4.79 Å². The average Bonchev–Trinajstić information content (AvgIpc) is 2.74. The van der Waals surface area contributed by atoms with E-state index in [0.717, 1.165) is 32.0 Å². The molecular formula is C12H19N3O3. The molecule has 0 saturated carbocycles. The summed E-state index contributed by atoms with van der Waals surface area (Å²) in [5.41, 5.74) is 1.07. The zero-order valence-corrected chi connectivity index (χ0v) is 10.8. The second-order valence-corrected chi connectivity index (χ2v) is 4.75. The molecule has 2 heterocycles. The monoisotopic (exact) mass is 253 g/mol. The average molecular weight is 253 g/mol. The van der Waals surface area contributed by atoms with Crippen LogP contribution < -0.4 is 0 Å². The lowest BCUT2D eigenvalue weighted by Crippen LogP contribution is -2.35. The van der Waals surface area contributed by atoms with Gasteiger partial charge < -0.3 is 9.84 Å². The lowest BCUT2D eigenvalue weighted by molar-refractivity contribution is 0.0335. The van der Waals surface area contributed by atoms with Gasteiger partial charge in [-0.3, -0.25) is 9.58 Å². The highest BCUT2D eigenvalue weighted by Crippen LogP contribution is 2.13. The molecular weight excluding hydrogens is 234 g/mol. The SMILES string of the molecule is CC(C)n1nc(CN2CCOCC2)cc1C(=O)O. The highest BCUT2D eigenvalue weighted by molar-refractivity contribution is 5.85. The highest BCUT2D eigenvalue weighted by atomic mass is 16.5. The van der Waals surface area contributed by atoms with Crippen molar-refractivity contribution in [1.82, 2.24) is 14.7 Å². The summed E-state index contributed by atoms with van der Waals surface area (Å²) in [6, 6.07) is 1.71. The largest absolute Gasteiger partial charge is 0.477 e. The number of aromatic nitrogens is 2. The summed E-state index contributed by atoms with van der Waals surface area (Å²) in [4.78, 5) is 13.4. The van der Waals surface area contributed by atoms with Crippen LogP contribution in [0.15, 0.2) is 6.07 Å². The first kappa shape index (κ1) is 13.0. The van der Waals surface area contributed by atoms with Gasteiger partial charge in [0.1, 0.15) is 5.69 Å². The predicted octanol–water partition coefficient (Wildman–Crippen LogP) is 0.994. The Morgan fingerprint density at radius 2 is 2.17 bits per heavy atom. The van der Waals surface area contributed by atoms with Gasteiger partial charge in [-0.05, 0) is 19.9 Å². The predicted molar refractivity (Wildman–Crippen MR) is 65.7 cm³/mol. The standard InChI is InChI=1S/C12H19N3O3/c1-9(2)15-11(12(16)17)7-10(13-15)8-14-3-5-18-6-4-14/h7,9H,3-6,8H2,1-2H3,(H,16,17). The zero-order chi connectivity index (χ0) is 13.1. The maximum Gasteiger partial charge on any atom is 0.354 e. The molecule has 1 aliphatic heterocycles. The fourth-order valence-corrected chi connectivity index (χ4v) is 2.06. The Morgan fingerprint density at radius 1 is 1.50 bits per heavy atom. The van der Waals surface area contributed by atoms with Crippen LogP contribution in [0.5, 0.6) is 0 Å². The van der Waals surface area contributed by atoms with Gasteiger partial charge in [-0.25, -0.2) is 4.79 Å². The molecule has 0 aromatic carbocycles. The first-order chi connectivity index (χ1) is 8.58. The van der Waals surface area contributed by atoms with Crippen LogP contribution in [0.1, 0.15) is 36.1 Å². The third kappa shape index (κ3) is 2.88. The molecule has 0 spiro atoms. The topological polar surface area (TPSA) is 67.6 Å². The van der Waals surface area contributed by atoms with Crippen molar-refractivity contribution in [2.75, 3.05) is 26.3 Å². The number of hydrogen-bond acceptors (Lipinski definition) is 4. The third-order valence-corrected chi connectivity index (χ3v) is 2.98. The Balaban J connectivity index is 2.13. The van der Waals surface area contributed by atoms with Crippen LogP contribution in [-0.2, 0) is 11.3 Å². The van der Waals surface area contributed by atoms with E-state index in [1.807, 2.05) is 13.8 Å². The van der Waals surface area contributed by atoms with Crippen LogP contribution in [0, 0.1) is 0 Å². The Kier molecular flexibility index (Phi) is 3.98. The van der Waals surface area contributed by atoms with E-state index >= 15 is 0 Å². The molecule has 18 heavy (non-hydrogen) atoms. The van der Waals surface area contributed by atoms with Gasteiger partial charge in [0, 0.05) is 25.7 Å². The van der Waals surface area contributed by atoms with Gasteiger partial charge in [-0.1, -0.05) is 0 Å². The van der Waals surface area contributed by atoms with Gasteiger partial charge in [-0.15, -0.1) is 0 Å². The summed E-state index contributed by atoms with van der Waals surface area (Å²) in [7, 11) is 0. The lowest BCUT2D eigenvalue weighted by Gasteiger charge is -2.25. The molecule has 1 aromatic rings. The van der Waals surface area contributed by atoms with Crippen LogP contribution in [0.25, 0.3) is 0 Å². The molecule has 2 rings (SSSR count). The molecule has 6 nitrogen and oxygen atoms in total. The Hall–Kier alpha value is -1.40. The Bertz CT molecular complexity index is 422. The molecule has 0 bridgehead atoms. The van der Waals surface area contributed by atoms with Crippen LogP contribution in [0.2, 0.25) is 0 Å². The summed E-state index contributed by atoms with van der Waals surface area (Å²) in [5.74, 6) is -0.926. The number of carboxylic acids is 1. The number of ether oxygens (including phenoxy) is 1. The van der Waals surface area contributed by atoms with Gasteiger partial charge >= 0.3 is 5.97 Å². The summed E-state index contributed by atoms with van der Waals surface area (Å²) in [6.07, 6.45) is 0. The maximum atomic E-state index is 11.1. The van der Waals surface area contributed by atoms with Crippen molar-refractivity contribution in [2.45, 2.75) is 26.4 Å². The van der Waals surface area contributed by atoms with Gasteiger partial charge in [-0.2, -0.15) is 5.10 Å². The van der Waals surface area contributed by atoms with Crippen LogP contribution in [-0.4, -0.2) is 52.1 Å². The second kappa shape index (κ2) is 5.49. The van der Waals surface area contributed by atoms with Crippen LogP contribution in [0.3, 0.4) is 0 Å². The summed E-state index contributed by atoms with van der Waals surface area (Å²) in [5, 5.41) is 13.5. The minimum atomic E-state index is -0.926. The summed E-state index contributed by atoms with van der Waals surface area (Å²) >= 11 is 0. The van der Waals surface area contributed by atoms with E-state index in [-0.39, 0.29) is 11.7 Å². The Labute approximate surface area is 106 Å². The lowest BCUT2D eigenvalue weighted by atomic mass is 10.3. The van der Waals surface area contributed by atoms with E-state index in [2.05, 4.69) is 10.00 Å². The number of rotatable bonds is 4. The van der Waals surface area contributed by atoms with Gasteiger partial charge in [0.2, 0.25) is 0 Å². The van der Waals surface area contributed by atoms with Crippen molar-refractivity contribution in [3.8, 4) is 0 Å². The summed E-state index contributed by atoms with van der Waals surface area (Å²) in [6.45, 7) is 7.75. The molecule has 1 fully saturated rings. The van der Waals surface area contributed by atoms with Crippen LogP contribution >= 0.6 is 0 Å². The molecule has 0 aliphatic carbocycles. The maximum absolute atomic E-state index is 11.1. The minimum absolute atomic E-state index is 0.0505. The molecule has 100 valence electrons. The van der Waals surface area contributed by atoms with Crippen molar-refractivity contribution >= 4 is 5.97 Å². The second-order valence-electron chi connectivity index (χ2n) is 4.75. The van der Waals surface area contributed by atoms with E-state index in [4.69, 9.17) is 9.84 Å². The van der Waals surface area contributed by atoms with Crippen LogP contribution in [0.4, 0.5) is 0 Å². The van der Waals surface area contributed by atoms with Crippen molar-refractivity contribution in [1.29, 1.82) is 0 Å². The van der Waals surface area contributed by atoms with Crippen molar-refractivity contribution in [3.05, 3.63) is 17.5 Å². The summed E-state index contributed by atoms with van der Waals surface area (Å²) < 4.78 is 6.85. The molecule has 1 aliphatic rings. The molecule has 0 unspecified atom stereocenters. The molecule has 6 heteroatoms. The number of carbonyl (C=O) groups is 1. The van der Waals surface area contributed by atoms with Crippen molar-refractivity contribution < 1.29 is 14.6 Å². The molecule has 1 saturated heterocycles. The fourth-order valence-electron chi connectivity index (χ4n) is 2.06. The number of hydrogen-bond donors (Lipinski definition) is 1. The fraction of sp³-hybridized carbons (Fsp3) is 0.667. The number of morpholine rings is 1. The molecule has 1 N–H and O–H groups in total. The van der Waals surface area contributed by atoms with Gasteiger partial charge in [0.25, 0.3) is 0 Å². The molecule has 1 aromatic heterocycles. The van der Waals surface area contributed by atoms with E-state index < -0.39 is 5.97 Å². The van der Waals surface area contributed by atoms with Gasteiger partial charge in [0.15, 0.2) is 0 Å². The zero-order valence-electron chi connectivity index (χ0n) is 10.8. The number of aromatic carboxylic acids is 1. The Morgan fingerprint density at radius 3 is 2.67 bits per heavy atom. The molecule has 0 radical (unpaired) electrons. The smallest absolute Gasteiger partial charge is 0.354 e. The first-order valence-electron chi connectivity index (χ1n) is 6.19. The first-order valence-corrected chi connectivity index (χ1v) is 6.19. The minimum Gasteiger partial charge on any atom is -0.477 e. The third-order valence-electron chi connectivity index (χ3n) is 2.98. The quantitative estimate of drug-likeness (QED) is 0.867.